The van der Waals surface area contributed by atoms with Crippen molar-refractivity contribution < 1.29 is 24.4 Å². The summed E-state index contributed by atoms with van der Waals surface area (Å²) in [7, 11) is 0. The molecule has 0 atom stereocenters. The first-order chi connectivity index (χ1) is 17.6. The molecule has 0 radical (unpaired) electrons. The highest BCUT2D eigenvalue weighted by molar-refractivity contribution is 5.69. The maximum absolute atomic E-state index is 11.0. The molecule has 1 aromatic rings. The zero-order chi connectivity index (χ0) is 26.4. The van der Waals surface area contributed by atoms with Crippen molar-refractivity contribution in [3.8, 4) is 28.7 Å². The second kappa shape index (κ2) is 21.3. The van der Waals surface area contributed by atoms with E-state index in [0.717, 1.165) is 64.2 Å². The van der Waals surface area contributed by atoms with Crippen LogP contribution < -0.4 is 14.2 Å². The first kappa shape index (κ1) is 32.2. The molecule has 0 aliphatic heterocycles. The van der Waals surface area contributed by atoms with Crippen molar-refractivity contribution in [3.63, 3.8) is 0 Å². The third kappa shape index (κ3) is 12.5. The van der Waals surface area contributed by atoms with Crippen LogP contribution in [0.3, 0.4) is 0 Å². The summed E-state index contributed by atoms with van der Waals surface area (Å²) in [6, 6.07) is 0. The number of phenolic OH excluding ortho intramolecular Hbond substituents is 2. The second-order valence-electron chi connectivity index (χ2n) is 10.1. The number of benzene rings is 1. The van der Waals surface area contributed by atoms with Gasteiger partial charge in [-0.3, -0.25) is 0 Å². The van der Waals surface area contributed by atoms with Crippen molar-refractivity contribution in [1.29, 1.82) is 0 Å². The summed E-state index contributed by atoms with van der Waals surface area (Å²) in [5.41, 5.74) is 0.654. The van der Waals surface area contributed by atoms with Crippen LogP contribution in [0.25, 0.3) is 0 Å². The smallest absolute Gasteiger partial charge is 0.211 e. The molecule has 0 bridgehead atoms. The molecule has 210 valence electrons. The summed E-state index contributed by atoms with van der Waals surface area (Å²) in [6.45, 7) is 10.4. The minimum Gasteiger partial charge on any atom is -0.504 e. The fourth-order valence-corrected chi connectivity index (χ4v) is 4.37. The number of rotatable bonds is 24. The minimum absolute atomic E-state index is 0.115. The molecule has 5 nitrogen and oxygen atoms in total. The van der Waals surface area contributed by atoms with Gasteiger partial charge in [0, 0.05) is 5.56 Å². The minimum atomic E-state index is -0.212. The van der Waals surface area contributed by atoms with Crippen LogP contribution in [0.1, 0.15) is 142 Å². The topological polar surface area (TPSA) is 68.2 Å². The van der Waals surface area contributed by atoms with E-state index in [4.69, 9.17) is 14.2 Å². The zero-order valence-corrected chi connectivity index (χ0v) is 24.0. The van der Waals surface area contributed by atoms with Gasteiger partial charge in [-0.05, 0) is 32.1 Å². The maximum Gasteiger partial charge on any atom is 0.211 e. The van der Waals surface area contributed by atoms with E-state index in [1.807, 2.05) is 0 Å². The fraction of sp³-hybridized carbons (Fsp3) is 0.806. The summed E-state index contributed by atoms with van der Waals surface area (Å²) in [6.07, 6.45) is 19.4. The van der Waals surface area contributed by atoms with Crippen LogP contribution in [0, 0.1) is 0 Å². The van der Waals surface area contributed by atoms with Gasteiger partial charge in [0.1, 0.15) is 0 Å². The van der Waals surface area contributed by atoms with Crippen molar-refractivity contribution in [2.24, 2.45) is 0 Å². The summed E-state index contributed by atoms with van der Waals surface area (Å²) >= 11 is 0. The average molecular weight is 509 g/mol. The second-order valence-corrected chi connectivity index (χ2v) is 10.1. The van der Waals surface area contributed by atoms with Crippen LogP contribution >= 0.6 is 0 Å². The van der Waals surface area contributed by atoms with Gasteiger partial charge in [-0.1, -0.05) is 111 Å². The van der Waals surface area contributed by atoms with Crippen LogP contribution in [0.5, 0.6) is 28.7 Å². The molecule has 0 amide bonds. The van der Waals surface area contributed by atoms with Crippen molar-refractivity contribution in [3.05, 3.63) is 5.56 Å². The molecule has 2 N–H and O–H groups in total. The predicted molar refractivity (Wildman–Crippen MR) is 151 cm³/mol. The third-order valence-corrected chi connectivity index (χ3v) is 6.67. The lowest BCUT2D eigenvalue weighted by molar-refractivity contribution is 0.223. The Bertz CT molecular complexity index is 617. The van der Waals surface area contributed by atoms with Crippen LogP contribution in [-0.2, 0) is 6.42 Å². The summed E-state index contributed by atoms with van der Waals surface area (Å²) in [5.74, 6) is 0.942. The van der Waals surface area contributed by atoms with Gasteiger partial charge < -0.3 is 24.4 Å². The number of ether oxygens (including phenoxy) is 3. The van der Waals surface area contributed by atoms with Crippen LogP contribution in [0.4, 0.5) is 0 Å². The summed E-state index contributed by atoms with van der Waals surface area (Å²) in [5, 5.41) is 22.0. The van der Waals surface area contributed by atoms with E-state index in [9.17, 15) is 10.2 Å². The molecule has 0 aromatic heterocycles. The normalized spacial score (nSPS) is 11.1. The van der Waals surface area contributed by atoms with Gasteiger partial charge in [0.25, 0.3) is 0 Å². The number of hydrogen-bond acceptors (Lipinski definition) is 5. The lowest BCUT2D eigenvalue weighted by Gasteiger charge is -2.22. The van der Waals surface area contributed by atoms with Crippen molar-refractivity contribution in [2.45, 2.75) is 143 Å². The molecule has 0 saturated carbocycles. The highest BCUT2D eigenvalue weighted by Gasteiger charge is 2.27. The lowest BCUT2D eigenvalue weighted by Crippen LogP contribution is -2.09. The molecule has 0 fully saturated rings. The number of unbranched alkanes of at least 4 members (excludes halogenated alkanes) is 13. The average Bonchev–Trinajstić information content (AvgIpc) is 2.88. The lowest BCUT2D eigenvalue weighted by atomic mass is 10.0. The molecule has 0 heterocycles. The molecule has 0 unspecified atom stereocenters. The first-order valence-corrected chi connectivity index (χ1v) is 15.1. The molecule has 5 heteroatoms. The Balaban J connectivity index is 3.20. The standard InChI is InChI=1S/C31H56O5/c1-5-9-13-17-18-22-26-27(32)28(33)30(35-24-20-15-11-7-3)31(36-25-21-16-12-8-4)29(26)34-23-19-14-10-6-2/h32-33H,5-25H2,1-4H3. The van der Waals surface area contributed by atoms with E-state index in [2.05, 4.69) is 27.7 Å². The van der Waals surface area contributed by atoms with Crippen LogP contribution in [-0.4, -0.2) is 30.0 Å². The van der Waals surface area contributed by atoms with E-state index in [1.165, 1.54) is 44.9 Å². The fourth-order valence-electron chi connectivity index (χ4n) is 4.37. The molecule has 0 aliphatic carbocycles. The van der Waals surface area contributed by atoms with Gasteiger partial charge in [0.15, 0.2) is 11.5 Å². The molecule has 36 heavy (non-hydrogen) atoms. The number of aromatic hydroxyl groups is 2. The van der Waals surface area contributed by atoms with Crippen molar-refractivity contribution >= 4 is 0 Å². The molecular weight excluding hydrogens is 452 g/mol. The first-order valence-electron chi connectivity index (χ1n) is 15.1. The Morgan fingerprint density at radius 2 is 0.806 bits per heavy atom. The predicted octanol–water partition coefficient (Wildman–Crippen LogP) is 9.49. The Labute approximate surface area is 221 Å². The zero-order valence-electron chi connectivity index (χ0n) is 24.0. The number of hydrogen-bond donors (Lipinski definition) is 2. The van der Waals surface area contributed by atoms with Gasteiger partial charge in [-0.25, -0.2) is 0 Å². The molecule has 0 aliphatic rings. The Kier molecular flexibility index (Phi) is 19.1. The van der Waals surface area contributed by atoms with Gasteiger partial charge in [-0.2, -0.15) is 0 Å². The van der Waals surface area contributed by atoms with Gasteiger partial charge in [-0.15, -0.1) is 0 Å². The molecule has 0 spiro atoms. The van der Waals surface area contributed by atoms with E-state index < -0.39 is 0 Å². The van der Waals surface area contributed by atoms with Gasteiger partial charge in [0.05, 0.1) is 19.8 Å². The monoisotopic (exact) mass is 508 g/mol. The van der Waals surface area contributed by atoms with E-state index in [0.29, 0.717) is 43.3 Å². The van der Waals surface area contributed by atoms with Crippen molar-refractivity contribution in [2.75, 3.05) is 19.8 Å². The van der Waals surface area contributed by atoms with E-state index in [1.54, 1.807) is 0 Å². The van der Waals surface area contributed by atoms with Crippen LogP contribution in [0.2, 0.25) is 0 Å². The van der Waals surface area contributed by atoms with Gasteiger partial charge in [0.2, 0.25) is 17.2 Å². The van der Waals surface area contributed by atoms with E-state index in [-0.39, 0.29) is 17.2 Å². The quantitative estimate of drug-likeness (QED) is 0.107. The largest absolute Gasteiger partial charge is 0.504 e. The highest BCUT2D eigenvalue weighted by Crippen LogP contribution is 2.53. The van der Waals surface area contributed by atoms with E-state index >= 15 is 0 Å². The third-order valence-electron chi connectivity index (χ3n) is 6.67. The number of phenols is 2. The molecule has 1 rings (SSSR count). The molecule has 1 aromatic carbocycles. The summed E-state index contributed by atoms with van der Waals surface area (Å²) < 4.78 is 18.6. The van der Waals surface area contributed by atoms with Crippen LogP contribution in [0.15, 0.2) is 0 Å². The molecular formula is C31H56O5. The Morgan fingerprint density at radius 1 is 0.417 bits per heavy atom. The summed E-state index contributed by atoms with van der Waals surface area (Å²) in [4.78, 5) is 0. The van der Waals surface area contributed by atoms with Gasteiger partial charge >= 0.3 is 0 Å². The maximum atomic E-state index is 11.0. The Morgan fingerprint density at radius 3 is 1.28 bits per heavy atom. The Hall–Kier alpha value is -1.78. The molecule has 0 saturated heterocycles. The van der Waals surface area contributed by atoms with Crippen molar-refractivity contribution in [1.82, 2.24) is 0 Å². The highest BCUT2D eigenvalue weighted by atomic mass is 16.5. The SMILES string of the molecule is CCCCCCCc1c(O)c(O)c(OCCCCCC)c(OCCCCCC)c1OCCCCCC.